The number of carbonyl (C=O) groups excluding carboxylic acids is 1. The van der Waals surface area contributed by atoms with E-state index in [0.29, 0.717) is 13.2 Å². The zero-order valence-corrected chi connectivity index (χ0v) is 8.19. The second-order valence-electron chi connectivity index (χ2n) is 2.98. The molecule has 0 aliphatic rings. The molecule has 1 rings (SSSR count). The molecule has 0 atom stereocenters. The van der Waals surface area contributed by atoms with Crippen molar-refractivity contribution in [3.8, 4) is 0 Å². The number of rotatable bonds is 5. The van der Waals surface area contributed by atoms with Gasteiger partial charge in [0.25, 0.3) is 0 Å². The van der Waals surface area contributed by atoms with Crippen LogP contribution in [0.1, 0.15) is 11.1 Å². The lowest BCUT2D eigenvalue weighted by Gasteiger charge is -2.02. The average molecular weight is 191 g/mol. The molecule has 0 N–H and O–H groups in total. The summed E-state index contributed by atoms with van der Waals surface area (Å²) in [5.74, 6) is 0. The fourth-order valence-corrected chi connectivity index (χ4v) is 1.27. The molecule has 0 radical (unpaired) electrons. The van der Waals surface area contributed by atoms with Gasteiger partial charge in [-0.05, 0) is 17.5 Å². The molecule has 1 aromatic carbocycles. The summed E-state index contributed by atoms with van der Waals surface area (Å²) in [5.41, 5.74) is 2.30. The van der Waals surface area contributed by atoms with E-state index in [1.54, 1.807) is 7.11 Å². The van der Waals surface area contributed by atoms with E-state index in [2.05, 4.69) is 11.1 Å². The van der Waals surface area contributed by atoms with E-state index in [0.717, 1.165) is 12.0 Å². The van der Waals surface area contributed by atoms with E-state index in [-0.39, 0.29) is 0 Å². The maximum atomic E-state index is 9.85. The number of methoxy groups -OCH3 is 1. The summed E-state index contributed by atoms with van der Waals surface area (Å²) in [4.78, 5) is 13.4. The van der Waals surface area contributed by atoms with Crippen molar-refractivity contribution in [1.29, 1.82) is 0 Å². The first kappa shape index (κ1) is 10.6. The Morgan fingerprint density at radius 1 is 1.43 bits per heavy atom. The second-order valence-corrected chi connectivity index (χ2v) is 2.98. The van der Waals surface area contributed by atoms with E-state index < -0.39 is 0 Å². The predicted molar refractivity (Wildman–Crippen MR) is 53.8 cm³/mol. The molecule has 0 unspecified atom stereocenters. The van der Waals surface area contributed by atoms with Gasteiger partial charge in [0.1, 0.15) is 0 Å². The Hall–Kier alpha value is -1.44. The van der Waals surface area contributed by atoms with Gasteiger partial charge in [0.2, 0.25) is 6.08 Å². The highest BCUT2D eigenvalue weighted by molar-refractivity contribution is 5.33. The SMILES string of the molecule is COCc1cccc(CCN=C=O)c1. The topological polar surface area (TPSA) is 38.7 Å². The van der Waals surface area contributed by atoms with Gasteiger partial charge in [0, 0.05) is 7.11 Å². The lowest BCUT2D eigenvalue weighted by atomic mass is 10.1. The molecule has 0 aliphatic heterocycles. The zero-order chi connectivity index (χ0) is 10.2. The van der Waals surface area contributed by atoms with Gasteiger partial charge in [-0.3, -0.25) is 0 Å². The molecular formula is C11H13NO2. The third kappa shape index (κ3) is 3.52. The van der Waals surface area contributed by atoms with Crippen molar-refractivity contribution in [3.05, 3.63) is 35.4 Å². The maximum Gasteiger partial charge on any atom is 0.234 e. The normalized spacial score (nSPS) is 9.50. The van der Waals surface area contributed by atoms with Crippen LogP contribution in [0.3, 0.4) is 0 Å². The summed E-state index contributed by atoms with van der Waals surface area (Å²) in [6.45, 7) is 1.12. The van der Waals surface area contributed by atoms with Crippen LogP contribution in [0.5, 0.6) is 0 Å². The number of hydrogen-bond acceptors (Lipinski definition) is 3. The Bertz CT molecular complexity index is 330. The van der Waals surface area contributed by atoms with Crippen LogP contribution in [0, 0.1) is 0 Å². The smallest absolute Gasteiger partial charge is 0.234 e. The molecule has 1 aromatic rings. The van der Waals surface area contributed by atoms with Crippen molar-refractivity contribution in [2.45, 2.75) is 13.0 Å². The Labute approximate surface area is 83.4 Å². The summed E-state index contributed by atoms with van der Waals surface area (Å²) in [7, 11) is 1.67. The predicted octanol–water partition coefficient (Wildman–Crippen LogP) is 1.71. The third-order valence-electron chi connectivity index (χ3n) is 1.88. The fraction of sp³-hybridized carbons (Fsp3) is 0.364. The van der Waals surface area contributed by atoms with Crippen LogP contribution in [0.2, 0.25) is 0 Å². The Kier molecular flexibility index (Phi) is 4.62. The van der Waals surface area contributed by atoms with Gasteiger partial charge in [0.15, 0.2) is 0 Å². The molecule has 0 spiro atoms. The van der Waals surface area contributed by atoms with E-state index in [4.69, 9.17) is 4.74 Å². The molecule has 3 nitrogen and oxygen atoms in total. The maximum absolute atomic E-state index is 9.85. The molecule has 0 aromatic heterocycles. The molecular weight excluding hydrogens is 178 g/mol. The molecule has 0 saturated heterocycles. The van der Waals surface area contributed by atoms with Crippen molar-refractivity contribution in [2.24, 2.45) is 4.99 Å². The lowest BCUT2D eigenvalue weighted by molar-refractivity contribution is 0.185. The van der Waals surface area contributed by atoms with Crippen LogP contribution in [0.4, 0.5) is 0 Å². The summed E-state index contributed by atoms with van der Waals surface area (Å²) in [6.07, 6.45) is 2.30. The number of aliphatic imine (C=N–C) groups is 1. The minimum Gasteiger partial charge on any atom is -0.380 e. The Morgan fingerprint density at radius 3 is 2.93 bits per heavy atom. The van der Waals surface area contributed by atoms with Crippen LogP contribution in [-0.2, 0) is 22.6 Å². The van der Waals surface area contributed by atoms with Crippen LogP contribution < -0.4 is 0 Å². The van der Waals surface area contributed by atoms with Crippen LogP contribution in [-0.4, -0.2) is 19.7 Å². The van der Waals surface area contributed by atoms with Crippen molar-refractivity contribution in [2.75, 3.05) is 13.7 Å². The molecule has 0 saturated carbocycles. The quantitative estimate of drug-likeness (QED) is 0.525. The molecule has 0 aliphatic carbocycles. The summed E-state index contributed by atoms with van der Waals surface area (Å²) < 4.78 is 5.02. The number of nitrogens with zero attached hydrogens (tertiary/aromatic N) is 1. The van der Waals surface area contributed by atoms with Crippen molar-refractivity contribution >= 4 is 6.08 Å². The number of isocyanates is 1. The van der Waals surface area contributed by atoms with Gasteiger partial charge in [-0.25, -0.2) is 9.79 Å². The molecule has 0 amide bonds. The molecule has 0 bridgehead atoms. The Morgan fingerprint density at radius 2 is 2.21 bits per heavy atom. The molecule has 74 valence electrons. The average Bonchev–Trinajstić information content (AvgIpc) is 2.19. The van der Waals surface area contributed by atoms with Gasteiger partial charge in [-0.1, -0.05) is 24.3 Å². The summed E-state index contributed by atoms with van der Waals surface area (Å²) >= 11 is 0. The minimum absolute atomic E-state index is 0.500. The first-order valence-corrected chi connectivity index (χ1v) is 4.47. The van der Waals surface area contributed by atoms with Gasteiger partial charge in [-0.15, -0.1) is 0 Å². The molecule has 0 heterocycles. The van der Waals surface area contributed by atoms with Crippen LogP contribution in [0.25, 0.3) is 0 Å². The zero-order valence-electron chi connectivity index (χ0n) is 8.19. The first-order chi connectivity index (χ1) is 6.86. The van der Waals surface area contributed by atoms with Crippen molar-refractivity contribution < 1.29 is 9.53 Å². The van der Waals surface area contributed by atoms with E-state index in [1.165, 1.54) is 11.6 Å². The summed E-state index contributed by atoms with van der Waals surface area (Å²) in [6, 6.07) is 8.06. The van der Waals surface area contributed by atoms with E-state index >= 15 is 0 Å². The molecule has 14 heavy (non-hydrogen) atoms. The standard InChI is InChI=1S/C11H13NO2/c1-14-8-11-4-2-3-10(7-11)5-6-12-9-13/h2-4,7H,5-6,8H2,1H3. The highest BCUT2D eigenvalue weighted by Gasteiger charge is 1.95. The summed E-state index contributed by atoms with van der Waals surface area (Å²) in [5, 5.41) is 0. The third-order valence-corrected chi connectivity index (χ3v) is 1.88. The lowest BCUT2D eigenvalue weighted by Crippen LogP contribution is -1.92. The van der Waals surface area contributed by atoms with Crippen LogP contribution >= 0.6 is 0 Å². The van der Waals surface area contributed by atoms with Gasteiger partial charge < -0.3 is 4.74 Å². The first-order valence-electron chi connectivity index (χ1n) is 4.47. The van der Waals surface area contributed by atoms with Crippen LogP contribution in [0.15, 0.2) is 29.3 Å². The highest BCUT2D eigenvalue weighted by atomic mass is 16.5. The van der Waals surface area contributed by atoms with Gasteiger partial charge in [-0.2, -0.15) is 0 Å². The van der Waals surface area contributed by atoms with E-state index in [1.807, 2.05) is 18.2 Å². The van der Waals surface area contributed by atoms with Crippen molar-refractivity contribution in [3.63, 3.8) is 0 Å². The van der Waals surface area contributed by atoms with E-state index in [9.17, 15) is 4.79 Å². The number of benzene rings is 1. The van der Waals surface area contributed by atoms with Gasteiger partial charge in [0.05, 0.1) is 13.2 Å². The molecule has 0 fully saturated rings. The number of ether oxygens (including phenoxy) is 1. The number of hydrogen-bond donors (Lipinski definition) is 0. The largest absolute Gasteiger partial charge is 0.380 e. The Balaban J connectivity index is 2.58. The highest BCUT2D eigenvalue weighted by Crippen LogP contribution is 2.06. The molecule has 3 heteroatoms. The fourth-order valence-electron chi connectivity index (χ4n) is 1.27. The van der Waals surface area contributed by atoms with Crippen molar-refractivity contribution in [1.82, 2.24) is 0 Å². The monoisotopic (exact) mass is 191 g/mol. The van der Waals surface area contributed by atoms with Gasteiger partial charge >= 0.3 is 0 Å². The minimum atomic E-state index is 0.500. The second kappa shape index (κ2) is 6.08.